The van der Waals surface area contributed by atoms with E-state index in [1.165, 1.54) is 4.31 Å². The van der Waals surface area contributed by atoms with E-state index in [0.29, 0.717) is 25.9 Å². The van der Waals surface area contributed by atoms with Crippen LogP contribution >= 0.6 is 12.4 Å². The highest BCUT2D eigenvalue weighted by atomic mass is 35.5. The molecule has 3 N–H and O–H groups in total. The van der Waals surface area contributed by atoms with Crippen LogP contribution in [0.4, 0.5) is 0 Å². The van der Waals surface area contributed by atoms with Crippen molar-refractivity contribution in [3.63, 3.8) is 0 Å². The van der Waals surface area contributed by atoms with Crippen LogP contribution in [0.5, 0.6) is 0 Å². The third kappa shape index (κ3) is 4.92. The zero-order valence-electron chi connectivity index (χ0n) is 14.1. The predicted octanol–water partition coefficient (Wildman–Crippen LogP) is 1.36. The number of carbonyl (C=O) groups excluding carboxylic acids is 1. The quantitative estimate of drug-likeness (QED) is 0.812. The van der Waals surface area contributed by atoms with E-state index in [0.717, 1.165) is 0 Å². The van der Waals surface area contributed by atoms with Gasteiger partial charge in [0.2, 0.25) is 15.9 Å². The number of piperidine rings is 1. The second kappa shape index (κ2) is 8.29. The molecule has 0 aliphatic carbocycles. The molecule has 6 nitrogen and oxygen atoms in total. The zero-order chi connectivity index (χ0) is 17.1. The van der Waals surface area contributed by atoms with Gasteiger partial charge >= 0.3 is 0 Å². The van der Waals surface area contributed by atoms with Gasteiger partial charge in [-0.2, -0.15) is 4.31 Å². The lowest BCUT2D eigenvalue weighted by Crippen LogP contribution is -2.53. The summed E-state index contributed by atoms with van der Waals surface area (Å²) in [6.45, 7) is 4.70. The third-order valence-electron chi connectivity index (χ3n) is 4.11. The van der Waals surface area contributed by atoms with Crippen LogP contribution in [0.15, 0.2) is 35.2 Å². The van der Waals surface area contributed by atoms with Crippen LogP contribution in [-0.2, 0) is 14.8 Å². The van der Waals surface area contributed by atoms with Gasteiger partial charge in [0.25, 0.3) is 0 Å². The summed E-state index contributed by atoms with van der Waals surface area (Å²) in [7, 11) is -3.55. The molecule has 0 bridgehead atoms. The van der Waals surface area contributed by atoms with Gasteiger partial charge in [0.1, 0.15) is 0 Å². The van der Waals surface area contributed by atoms with E-state index in [4.69, 9.17) is 5.73 Å². The first kappa shape index (κ1) is 20.9. The molecule has 1 heterocycles. The minimum atomic E-state index is -3.55. The second-order valence-electron chi connectivity index (χ2n) is 6.59. The van der Waals surface area contributed by atoms with E-state index in [1.807, 2.05) is 13.8 Å². The van der Waals surface area contributed by atoms with Crippen molar-refractivity contribution in [2.45, 2.75) is 37.1 Å². The number of nitrogens with one attached hydrogen (secondary N) is 1. The molecule has 1 aromatic carbocycles. The highest BCUT2D eigenvalue weighted by Gasteiger charge is 2.34. The average Bonchev–Trinajstić information content (AvgIpc) is 2.55. The molecule has 1 aliphatic heterocycles. The fraction of sp³-hybridized carbons (Fsp3) is 0.562. The predicted molar refractivity (Wildman–Crippen MR) is 96.4 cm³/mol. The summed E-state index contributed by atoms with van der Waals surface area (Å²) in [5, 5.41) is 2.90. The number of benzene rings is 1. The van der Waals surface area contributed by atoms with Gasteiger partial charge in [0, 0.05) is 25.2 Å². The fourth-order valence-electron chi connectivity index (χ4n) is 2.60. The van der Waals surface area contributed by atoms with Crippen molar-refractivity contribution in [1.29, 1.82) is 0 Å². The topological polar surface area (TPSA) is 92.5 Å². The minimum Gasteiger partial charge on any atom is -0.350 e. The van der Waals surface area contributed by atoms with E-state index in [9.17, 15) is 13.2 Å². The maximum absolute atomic E-state index is 12.7. The van der Waals surface area contributed by atoms with Gasteiger partial charge in [-0.1, -0.05) is 18.2 Å². The Bertz CT molecular complexity index is 650. The molecule has 1 saturated heterocycles. The van der Waals surface area contributed by atoms with E-state index >= 15 is 0 Å². The molecule has 136 valence electrons. The minimum absolute atomic E-state index is 0. The zero-order valence-corrected chi connectivity index (χ0v) is 15.7. The second-order valence-corrected chi connectivity index (χ2v) is 8.53. The van der Waals surface area contributed by atoms with Crippen molar-refractivity contribution < 1.29 is 13.2 Å². The average molecular weight is 376 g/mol. The summed E-state index contributed by atoms with van der Waals surface area (Å²) in [5.41, 5.74) is 5.15. The summed E-state index contributed by atoms with van der Waals surface area (Å²) < 4.78 is 26.8. The molecule has 1 aromatic rings. The molecule has 8 heteroatoms. The van der Waals surface area contributed by atoms with Gasteiger partial charge in [-0.3, -0.25) is 4.79 Å². The summed E-state index contributed by atoms with van der Waals surface area (Å²) in [6, 6.07) is 8.34. The number of sulfonamides is 1. The van der Waals surface area contributed by atoms with Crippen molar-refractivity contribution in [2.24, 2.45) is 11.7 Å². The Labute approximate surface area is 150 Å². The van der Waals surface area contributed by atoms with Gasteiger partial charge < -0.3 is 11.1 Å². The third-order valence-corrected chi connectivity index (χ3v) is 5.99. The Morgan fingerprint density at radius 1 is 1.33 bits per heavy atom. The molecule has 2 rings (SSSR count). The molecule has 0 saturated carbocycles. The monoisotopic (exact) mass is 375 g/mol. The lowest BCUT2D eigenvalue weighted by molar-refractivity contribution is -0.127. The first-order chi connectivity index (χ1) is 10.8. The van der Waals surface area contributed by atoms with E-state index in [2.05, 4.69) is 5.32 Å². The molecule has 1 atom stereocenters. The summed E-state index contributed by atoms with van der Waals surface area (Å²) in [4.78, 5) is 12.7. The maximum atomic E-state index is 12.7. The molecule has 24 heavy (non-hydrogen) atoms. The normalized spacial score (nSPS) is 19.4. The molecular formula is C16H26ClN3O3S. The summed E-state index contributed by atoms with van der Waals surface area (Å²) in [5.74, 6) is -0.471. The number of halogens is 1. The highest BCUT2D eigenvalue weighted by molar-refractivity contribution is 7.89. The number of nitrogens with zero attached hydrogens (tertiary/aromatic N) is 1. The molecule has 1 fully saturated rings. The molecule has 0 aromatic heterocycles. The van der Waals surface area contributed by atoms with Crippen LogP contribution < -0.4 is 11.1 Å². The number of amides is 1. The molecule has 1 amide bonds. The van der Waals surface area contributed by atoms with E-state index < -0.39 is 15.6 Å². The Morgan fingerprint density at radius 2 is 1.96 bits per heavy atom. The SMILES string of the molecule is CC(C)(CN)NC(=O)C1CCCN(S(=O)(=O)c2ccccc2)C1.Cl. The summed E-state index contributed by atoms with van der Waals surface area (Å²) >= 11 is 0. The van der Waals surface area contributed by atoms with E-state index in [-0.39, 0.29) is 35.7 Å². The van der Waals surface area contributed by atoms with Crippen molar-refractivity contribution in [3.05, 3.63) is 30.3 Å². The molecular weight excluding hydrogens is 350 g/mol. The van der Waals surface area contributed by atoms with Gasteiger partial charge in [-0.15, -0.1) is 12.4 Å². The van der Waals surface area contributed by atoms with Crippen LogP contribution in [0.3, 0.4) is 0 Å². The largest absolute Gasteiger partial charge is 0.350 e. The van der Waals surface area contributed by atoms with Crippen molar-refractivity contribution >= 4 is 28.3 Å². The molecule has 1 aliphatic rings. The Hall–Kier alpha value is -1.15. The molecule has 0 spiro atoms. The Balaban J connectivity index is 0.00000288. The van der Waals surface area contributed by atoms with Crippen LogP contribution in [0.1, 0.15) is 26.7 Å². The highest BCUT2D eigenvalue weighted by Crippen LogP contribution is 2.24. The molecule has 0 radical (unpaired) electrons. The lowest BCUT2D eigenvalue weighted by Gasteiger charge is -2.33. The van der Waals surface area contributed by atoms with Crippen LogP contribution in [-0.4, -0.2) is 43.8 Å². The van der Waals surface area contributed by atoms with Crippen LogP contribution in [0.25, 0.3) is 0 Å². The van der Waals surface area contributed by atoms with E-state index in [1.54, 1.807) is 30.3 Å². The van der Waals surface area contributed by atoms with Gasteiger partial charge in [0.05, 0.1) is 10.8 Å². The number of nitrogens with two attached hydrogens (primary N) is 1. The van der Waals surface area contributed by atoms with Gasteiger partial charge in [0.15, 0.2) is 0 Å². The number of carbonyl (C=O) groups is 1. The Morgan fingerprint density at radius 3 is 2.54 bits per heavy atom. The number of hydrogen-bond acceptors (Lipinski definition) is 4. The van der Waals surface area contributed by atoms with Crippen molar-refractivity contribution in [2.75, 3.05) is 19.6 Å². The van der Waals surface area contributed by atoms with Crippen LogP contribution in [0.2, 0.25) is 0 Å². The van der Waals surface area contributed by atoms with Gasteiger partial charge in [-0.05, 0) is 38.8 Å². The number of rotatable bonds is 5. The molecule has 1 unspecified atom stereocenters. The first-order valence-electron chi connectivity index (χ1n) is 7.83. The maximum Gasteiger partial charge on any atom is 0.243 e. The standard InChI is InChI=1S/C16H25N3O3S.ClH/c1-16(2,12-17)18-15(20)13-7-6-10-19(11-13)23(21,22)14-8-4-3-5-9-14;/h3-5,8-9,13H,6-7,10-12,17H2,1-2H3,(H,18,20);1H. The van der Waals surface area contributed by atoms with Crippen molar-refractivity contribution in [3.8, 4) is 0 Å². The van der Waals surface area contributed by atoms with Crippen molar-refractivity contribution in [1.82, 2.24) is 9.62 Å². The number of hydrogen-bond donors (Lipinski definition) is 2. The van der Waals surface area contributed by atoms with Gasteiger partial charge in [-0.25, -0.2) is 8.42 Å². The Kier molecular flexibility index (Phi) is 7.22. The van der Waals surface area contributed by atoms with Crippen LogP contribution in [0, 0.1) is 5.92 Å². The lowest BCUT2D eigenvalue weighted by atomic mass is 9.96. The fourth-order valence-corrected chi connectivity index (χ4v) is 4.15. The summed E-state index contributed by atoms with van der Waals surface area (Å²) in [6.07, 6.45) is 1.36. The smallest absolute Gasteiger partial charge is 0.243 e. The first-order valence-corrected chi connectivity index (χ1v) is 9.27.